The van der Waals surface area contributed by atoms with E-state index in [1.54, 1.807) is 10.9 Å². The Morgan fingerprint density at radius 2 is 2.00 bits per heavy atom. The minimum absolute atomic E-state index is 0.625. The van der Waals surface area contributed by atoms with Crippen molar-refractivity contribution in [3.05, 3.63) is 44.9 Å². The Morgan fingerprint density at radius 1 is 1.19 bits per heavy atom. The zero-order chi connectivity index (χ0) is 15.0. The summed E-state index contributed by atoms with van der Waals surface area (Å²) in [6, 6.07) is 4.05. The number of anilines is 1. The number of aryl methyl sites for hydroxylation is 2. The second-order valence-electron chi connectivity index (χ2n) is 4.74. The van der Waals surface area contributed by atoms with Crippen molar-refractivity contribution in [3.63, 3.8) is 0 Å². The van der Waals surface area contributed by atoms with Gasteiger partial charge in [0, 0.05) is 27.6 Å². The summed E-state index contributed by atoms with van der Waals surface area (Å²) in [6.07, 6.45) is 3.60. The molecule has 0 radical (unpaired) electrons. The van der Waals surface area contributed by atoms with Gasteiger partial charge in [0.1, 0.15) is 0 Å². The number of hydrogen-bond donors (Lipinski definition) is 1. The number of nitrogens with one attached hydrogen (secondary N) is 1. The van der Waals surface area contributed by atoms with E-state index in [1.807, 2.05) is 26.2 Å². The van der Waals surface area contributed by atoms with Gasteiger partial charge in [0.25, 0.3) is 0 Å². The van der Waals surface area contributed by atoms with E-state index in [2.05, 4.69) is 58.3 Å². The first kappa shape index (κ1) is 14.5. The summed E-state index contributed by atoms with van der Waals surface area (Å²) < 4.78 is 3.71. The van der Waals surface area contributed by atoms with Crippen molar-refractivity contribution < 1.29 is 0 Å². The maximum absolute atomic E-state index is 4.45. The molecule has 21 heavy (non-hydrogen) atoms. The van der Waals surface area contributed by atoms with Crippen molar-refractivity contribution in [1.82, 2.24) is 19.7 Å². The van der Waals surface area contributed by atoms with Gasteiger partial charge in [0.05, 0.1) is 29.8 Å². The van der Waals surface area contributed by atoms with Crippen LogP contribution >= 0.6 is 31.9 Å². The maximum atomic E-state index is 4.45. The fourth-order valence-electron chi connectivity index (χ4n) is 2.16. The quantitative estimate of drug-likeness (QED) is 0.713. The molecule has 0 atom stereocenters. The molecule has 0 spiro atoms. The summed E-state index contributed by atoms with van der Waals surface area (Å²) in [5.41, 5.74) is 3.77. The van der Waals surface area contributed by atoms with Crippen molar-refractivity contribution in [2.24, 2.45) is 7.05 Å². The second-order valence-corrected chi connectivity index (χ2v) is 6.51. The molecule has 5 nitrogen and oxygen atoms in total. The molecule has 0 aliphatic heterocycles. The molecular formula is C14H13Br2N5. The van der Waals surface area contributed by atoms with Gasteiger partial charge in [-0.25, -0.2) is 4.98 Å². The van der Waals surface area contributed by atoms with E-state index in [1.165, 1.54) is 0 Å². The molecule has 0 bridgehead atoms. The maximum Gasteiger partial charge on any atom is 0.157 e. The summed E-state index contributed by atoms with van der Waals surface area (Å²) in [4.78, 5) is 8.83. The third-order valence-corrected chi connectivity index (χ3v) is 4.33. The number of nitrogens with zero attached hydrogens (tertiary/aromatic N) is 4. The molecule has 0 aliphatic carbocycles. The monoisotopic (exact) mass is 409 g/mol. The number of aromatic nitrogens is 4. The Balaban J connectivity index is 1.83. The first-order valence-electron chi connectivity index (χ1n) is 6.38. The van der Waals surface area contributed by atoms with Crippen LogP contribution in [0.15, 0.2) is 33.5 Å². The summed E-state index contributed by atoms with van der Waals surface area (Å²) in [7, 11) is 1.90. The van der Waals surface area contributed by atoms with Crippen LogP contribution in [0, 0.1) is 6.92 Å². The van der Waals surface area contributed by atoms with Crippen LogP contribution in [0.3, 0.4) is 0 Å². The van der Waals surface area contributed by atoms with Crippen molar-refractivity contribution in [2.75, 3.05) is 5.32 Å². The molecule has 0 unspecified atom stereocenters. The molecular weight excluding hydrogens is 398 g/mol. The van der Waals surface area contributed by atoms with Gasteiger partial charge in [-0.1, -0.05) is 0 Å². The summed E-state index contributed by atoms with van der Waals surface area (Å²) >= 11 is 6.91. The van der Waals surface area contributed by atoms with Crippen LogP contribution < -0.4 is 5.32 Å². The van der Waals surface area contributed by atoms with Gasteiger partial charge in [-0.15, -0.1) is 0 Å². The predicted octanol–water partition coefficient (Wildman–Crippen LogP) is 3.81. The van der Waals surface area contributed by atoms with Crippen molar-refractivity contribution in [3.8, 4) is 0 Å². The lowest BCUT2D eigenvalue weighted by Gasteiger charge is -2.08. The van der Waals surface area contributed by atoms with E-state index in [4.69, 9.17) is 0 Å². The van der Waals surface area contributed by atoms with Crippen LogP contribution in [0.25, 0.3) is 11.0 Å². The summed E-state index contributed by atoms with van der Waals surface area (Å²) in [6.45, 7) is 2.61. The number of halogens is 2. The first-order valence-corrected chi connectivity index (χ1v) is 7.96. The Bertz CT molecular complexity index is 812. The molecule has 108 valence electrons. The van der Waals surface area contributed by atoms with Crippen molar-refractivity contribution in [2.45, 2.75) is 13.5 Å². The topological polar surface area (TPSA) is 55.6 Å². The van der Waals surface area contributed by atoms with E-state index in [9.17, 15) is 0 Å². The second kappa shape index (κ2) is 5.73. The van der Waals surface area contributed by atoms with E-state index < -0.39 is 0 Å². The molecule has 0 aromatic carbocycles. The van der Waals surface area contributed by atoms with Gasteiger partial charge in [-0.3, -0.25) is 9.67 Å². The van der Waals surface area contributed by atoms with Gasteiger partial charge >= 0.3 is 0 Å². The third-order valence-electron chi connectivity index (χ3n) is 3.21. The average molecular weight is 411 g/mol. The SMILES string of the molecule is Cc1nn(C)c2ncc(NCc3ncc(Br)cc3Br)cc12. The lowest BCUT2D eigenvalue weighted by atomic mass is 10.2. The highest BCUT2D eigenvalue weighted by molar-refractivity contribution is 9.11. The van der Waals surface area contributed by atoms with E-state index in [0.29, 0.717) is 6.54 Å². The highest BCUT2D eigenvalue weighted by Gasteiger charge is 2.08. The lowest BCUT2D eigenvalue weighted by molar-refractivity contribution is 0.774. The van der Waals surface area contributed by atoms with Gasteiger partial charge in [-0.05, 0) is 50.9 Å². The fraction of sp³-hybridized carbons (Fsp3) is 0.214. The largest absolute Gasteiger partial charge is 0.378 e. The van der Waals surface area contributed by atoms with E-state index >= 15 is 0 Å². The Hall–Kier alpha value is -1.47. The first-order chi connectivity index (χ1) is 10.0. The Kier molecular flexibility index (Phi) is 3.95. The highest BCUT2D eigenvalue weighted by atomic mass is 79.9. The molecule has 3 rings (SSSR count). The number of fused-ring (bicyclic) bond motifs is 1. The minimum atomic E-state index is 0.625. The van der Waals surface area contributed by atoms with Crippen LogP contribution in [-0.4, -0.2) is 19.7 Å². The lowest BCUT2D eigenvalue weighted by Crippen LogP contribution is -2.03. The third kappa shape index (κ3) is 2.94. The normalized spacial score (nSPS) is 11.0. The Labute approximate surface area is 139 Å². The molecule has 0 aliphatic rings. The highest BCUT2D eigenvalue weighted by Crippen LogP contribution is 2.22. The zero-order valence-electron chi connectivity index (χ0n) is 11.6. The van der Waals surface area contributed by atoms with Crippen LogP contribution in [0.2, 0.25) is 0 Å². The molecule has 0 amide bonds. The van der Waals surface area contributed by atoms with Gasteiger partial charge in [0.15, 0.2) is 5.65 Å². The van der Waals surface area contributed by atoms with Gasteiger partial charge < -0.3 is 5.32 Å². The van der Waals surface area contributed by atoms with Gasteiger partial charge in [0.2, 0.25) is 0 Å². The predicted molar refractivity (Wildman–Crippen MR) is 90.2 cm³/mol. The molecule has 3 heterocycles. The molecule has 1 N–H and O–H groups in total. The molecule has 0 fully saturated rings. The number of pyridine rings is 2. The fourth-order valence-corrected chi connectivity index (χ4v) is 3.29. The molecule has 3 aromatic rings. The van der Waals surface area contributed by atoms with Crippen LogP contribution in [0.1, 0.15) is 11.4 Å². The minimum Gasteiger partial charge on any atom is -0.378 e. The van der Waals surface area contributed by atoms with Crippen LogP contribution in [0.4, 0.5) is 5.69 Å². The van der Waals surface area contributed by atoms with E-state index in [-0.39, 0.29) is 0 Å². The average Bonchev–Trinajstić information content (AvgIpc) is 2.73. The smallest absolute Gasteiger partial charge is 0.157 e. The Morgan fingerprint density at radius 3 is 2.76 bits per heavy atom. The van der Waals surface area contributed by atoms with Crippen LogP contribution in [-0.2, 0) is 13.6 Å². The van der Waals surface area contributed by atoms with Gasteiger partial charge in [-0.2, -0.15) is 5.10 Å². The summed E-state index contributed by atoms with van der Waals surface area (Å²) in [5.74, 6) is 0. The van der Waals surface area contributed by atoms with Crippen molar-refractivity contribution >= 4 is 48.6 Å². The molecule has 0 saturated heterocycles. The van der Waals surface area contributed by atoms with Crippen molar-refractivity contribution in [1.29, 1.82) is 0 Å². The van der Waals surface area contributed by atoms with E-state index in [0.717, 1.165) is 37.1 Å². The summed E-state index contributed by atoms with van der Waals surface area (Å²) in [5, 5.41) is 8.78. The number of rotatable bonds is 3. The molecule has 3 aromatic heterocycles. The standard InChI is InChI=1S/C14H13Br2N5/c1-8-11-4-10(6-19-14(11)21(2)20-8)17-7-13-12(16)3-9(15)5-18-13/h3-6,17H,7H2,1-2H3. The van der Waals surface area contributed by atoms with Crippen LogP contribution in [0.5, 0.6) is 0 Å². The number of hydrogen-bond acceptors (Lipinski definition) is 4. The zero-order valence-corrected chi connectivity index (χ0v) is 14.7. The molecule has 7 heteroatoms. The molecule has 0 saturated carbocycles.